The molecule has 0 saturated carbocycles. The van der Waals surface area contributed by atoms with Crippen molar-refractivity contribution < 1.29 is 38.2 Å². The lowest BCUT2D eigenvalue weighted by Crippen LogP contribution is -2.50. The van der Waals surface area contributed by atoms with Crippen LogP contribution in [-0.2, 0) is 28.6 Å². The number of ether oxygens (including phenoxy) is 3. The van der Waals surface area contributed by atoms with Crippen LogP contribution in [-0.4, -0.2) is 80.6 Å². The summed E-state index contributed by atoms with van der Waals surface area (Å²) in [5.41, 5.74) is 0. The molecule has 8 heteroatoms. The highest BCUT2D eigenvalue weighted by molar-refractivity contribution is 5.72. The van der Waals surface area contributed by atoms with E-state index in [0.717, 1.165) is 83.5 Å². The van der Waals surface area contributed by atoms with Crippen molar-refractivity contribution in [3.63, 3.8) is 0 Å². The molecule has 386 valence electrons. The number of rotatable bonds is 49. The molecule has 0 saturated heterocycles. The minimum absolute atomic E-state index is 0.0494. The third-order valence-electron chi connectivity index (χ3n) is 12.1. The molecular formula is C59H104NO7+. The number of hydrogen-bond acceptors (Lipinski definition) is 6. The first kappa shape index (κ1) is 63.8. The van der Waals surface area contributed by atoms with Gasteiger partial charge in [0.1, 0.15) is 6.61 Å². The van der Waals surface area contributed by atoms with Crippen LogP contribution in [0.3, 0.4) is 0 Å². The predicted molar refractivity (Wildman–Crippen MR) is 284 cm³/mol. The van der Waals surface area contributed by atoms with Crippen molar-refractivity contribution in [3.8, 4) is 0 Å². The monoisotopic (exact) mass is 939 g/mol. The van der Waals surface area contributed by atoms with Crippen LogP contribution < -0.4 is 0 Å². The summed E-state index contributed by atoms with van der Waals surface area (Å²) >= 11 is 0. The minimum Gasteiger partial charge on any atom is -0.477 e. The number of carbonyl (C=O) groups is 3. The van der Waals surface area contributed by atoms with Crippen LogP contribution in [0, 0.1) is 0 Å². The fourth-order valence-corrected chi connectivity index (χ4v) is 7.92. The van der Waals surface area contributed by atoms with Crippen LogP contribution in [0.2, 0.25) is 0 Å². The minimum atomic E-state index is -0.879. The Bertz CT molecular complexity index is 1320. The van der Waals surface area contributed by atoms with Crippen LogP contribution >= 0.6 is 0 Å². The van der Waals surface area contributed by atoms with Gasteiger partial charge in [-0.2, -0.15) is 0 Å². The summed E-state index contributed by atoms with van der Waals surface area (Å²) in [5.74, 6) is -1.50. The van der Waals surface area contributed by atoms with Gasteiger partial charge < -0.3 is 23.8 Å². The maximum absolute atomic E-state index is 12.8. The predicted octanol–water partition coefficient (Wildman–Crippen LogP) is 16.3. The Hall–Kier alpha value is -3.23. The van der Waals surface area contributed by atoms with Gasteiger partial charge in [-0.25, -0.2) is 4.79 Å². The van der Waals surface area contributed by atoms with Gasteiger partial charge in [-0.1, -0.05) is 222 Å². The van der Waals surface area contributed by atoms with E-state index in [0.29, 0.717) is 19.3 Å². The van der Waals surface area contributed by atoms with Crippen molar-refractivity contribution in [2.45, 2.75) is 244 Å². The molecule has 67 heavy (non-hydrogen) atoms. The number of likely N-dealkylation sites (N-methyl/N-ethyl adjacent to an activating group) is 1. The van der Waals surface area contributed by atoms with Crippen molar-refractivity contribution in [1.82, 2.24) is 0 Å². The summed E-state index contributed by atoms with van der Waals surface area (Å²) in [5, 5.41) is 9.67. The highest BCUT2D eigenvalue weighted by Gasteiger charge is 2.31. The van der Waals surface area contributed by atoms with Gasteiger partial charge in [-0.3, -0.25) is 9.59 Å². The standard InChI is InChI=1S/C59H103NO7/c1-6-8-10-12-14-16-18-20-22-24-26-28-30-31-33-35-37-39-41-43-45-47-49-57(61)66-54-55(53-65-52-51-56(59(63)64)60(3,4)5)67-58(62)50-48-46-44-42-40-38-36-34-32-29-27-25-23-21-19-17-15-13-11-9-7-2/h8,10,14,16,20,22,26,28,31,33,37,39,55-56H,6-7,9,11-13,15,17-19,21,23-25,27,29-30,32,34-36,38,40-54H2,1-5H3/p+1/b10-8+,16-14+,22-20+,28-26+,33-31+,39-37+. The molecule has 0 radical (unpaired) electrons. The molecule has 0 bridgehead atoms. The molecule has 8 nitrogen and oxygen atoms in total. The Labute approximate surface area is 412 Å². The molecule has 0 aromatic heterocycles. The number of quaternary nitrogens is 1. The molecule has 0 heterocycles. The summed E-state index contributed by atoms with van der Waals surface area (Å²) in [6.07, 6.45) is 63.9. The normalized spacial score (nSPS) is 13.4. The smallest absolute Gasteiger partial charge is 0.362 e. The average Bonchev–Trinajstić information content (AvgIpc) is 3.29. The summed E-state index contributed by atoms with van der Waals surface area (Å²) < 4.78 is 17.4. The third-order valence-corrected chi connectivity index (χ3v) is 12.1. The van der Waals surface area contributed by atoms with Gasteiger partial charge in [0.2, 0.25) is 0 Å². The van der Waals surface area contributed by atoms with Gasteiger partial charge in [-0.05, 0) is 64.2 Å². The first-order chi connectivity index (χ1) is 32.6. The summed E-state index contributed by atoms with van der Waals surface area (Å²) in [4.78, 5) is 37.2. The van der Waals surface area contributed by atoms with Crippen molar-refractivity contribution in [2.24, 2.45) is 0 Å². The lowest BCUT2D eigenvalue weighted by molar-refractivity contribution is -0.887. The van der Waals surface area contributed by atoms with Crippen molar-refractivity contribution in [2.75, 3.05) is 41.0 Å². The first-order valence-corrected chi connectivity index (χ1v) is 27.5. The number of carboxylic acids is 1. The number of esters is 2. The van der Waals surface area contributed by atoms with Gasteiger partial charge in [0, 0.05) is 19.3 Å². The lowest BCUT2D eigenvalue weighted by atomic mass is 10.0. The second-order valence-electron chi connectivity index (χ2n) is 19.5. The van der Waals surface area contributed by atoms with E-state index in [1.165, 1.54) is 116 Å². The van der Waals surface area contributed by atoms with Crippen LogP contribution in [0.1, 0.15) is 232 Å². The topological polar surface area (TPSA) is 99.1 Å². The average molecular weight is 939 g/mol. The van der Waals surface area contributed by atoms with Crippen molar-refractivity contribution in [1.29, 1.82) is 0 Å². The lowest BCUT2D eigenvalue weighted by Gasteiger charge is -2.31. The summed E-state index contributed by atoms with van der Waals surface area (Å²) in [7, 11) is 5.53. The zero-order chi connectivity index (χ0) is 49.2. The first-order valence-electron chi connectivity index (χ1n) is 27.5. The highest BCUT2D eigenvalue weighted by atomic mass is 16.6. The zero-order valence-corrected chi connectivity index (χ0v) is 44.1. The quantitative estimate of drug-likeness (QED) is 0.0281. The van der Waals surface area contributed by atoms with Crippen LogP contribution in [0.25, 0.3) is 0 Å². The Morgan fingerprint density at radius 1 is 0.463 bits per heavy atom. The molecule has 0 aromatic rings. The van der Waals surface area contributed by atoms with Gasteiger partial charge >= 0.3 is 17.9 Å². The number of carbonyl (C=O) groups excluding carboxylic acids is 2. The Morgan fingerprint density at radius 2 is 0.836 bits per heavy atom. The van der Waals surface area contributed by atoms with Crippen LogP contribution in [0.4, 0.5) is 0 Å². The Balaban J connectivity index is 4.27. The molecular weight excluding hydrogens is 835 g/mol. The summed E-state index contributed by atoms with van der Waals surface area (Å²) in [6, 6.07) is -0.623. The molecule has 0 aliphatic heterocycles. The zero-order valence-electron chi connectivity index (χ0n) is 44.1. The van der Waals surface area contributed by atoms with Gasteiger partial charge in [0.15, 0.2) is 12.1 Å². The molecule has 0 fully saturated rings. The van der Waals surface area contributed by atoms with Gasteiger partial charge in [-0.15, -0.1) is 0 Å². The number of unbranched alkanes of at least 4 members (excludes halogenated alkanes) is 23. The Morgan fingerprint density at radius 3 is 1.24 bits per heavy atom. The largest absolute Gasteiger partial charge is 0.477 e. The fraction of sp³-hybridized carbons (Fsp3) is 0.746. The second kappa shape index (κ2) is 49.2. The summed E-state index contributed by atoms with van der Waals surface area (Å²) in [6.45, 7) is 4.62. The fourth-order valence-electron chi connectivity index (χ4n) is 7.92. The molecule has 0 aliphatic rings. The molecule has 2 unspecified atom stereocenters. The molecule has 0 spiro atoms. The van der Waals surface area contributed by atoms with Crippen molar-refractivity contribution in [3.05, 3.63) is 72.9 Å². The molecule has 0 aliphatic carbocycles. The van der Waals surface area contributed by atoms with E-state index in [4.69, 9.17) is 14.2 Å². The van der Waals surface area contributed by atoms with Gasteiger partial charge in [0.25, 0.3) is 0 Å². The SMILES string of the molecule is CC/C=C/C/C=C/C/C=C/C/C=C/C/C=C/C/C=C/CCCCCC(=O)OCC(COCCC(C(=O)O)[N+](C)(C)C)OC(=O)CCCCCCCCCCCCCCCCCCCCCCC. The highest BCUT2D eigenvalue weighted by Crippen LogP contribution is 2.16. The number of hydrogen-bond donors (Lipinski definition) is 1. The van der Waals surface area contributed by atoms with E-state index < -0.39 is 18.1 Å². The van der Waals surface area contributed by atoms with E-state index in [-0.39, 0.29) is 36.2 Å². The molecule has 1 N–H and O–H groups in total. The molecule has 0 amide bonds. The molecule has 0 aromatic carbocycles. The number of carboxylic acid groups (broad SMARTS) is 1. The van der Waals surface area contributed by atoms with Crippen LogP contribution in [0.15, 0.2) is 72.9 Å². The number of nitrogens with zero attached hydrogens (tertiary/aromatic N) is 1. The number of allylic oxidation sites excluding steroid dienone is 12. The molecule has 2 atom stereocenters. The maximum Gasteiger partial charge on any atom is 0.362 e. The van der Waals surface area contributed by atoms with E-state index in [9.17, 15) is 19.5 Å². The van der Waals surface area contributed by atoms with E-state index in [2.05, 4.69) is 86.8 Å². The van der Waals surface area contributed by atoms with Gasteiger partial charge in [0.05, 0.1) is 34.4 Å². The maximum atomic E-state index is 12.8. The Kier molecular flexibility index (Phi) is 46.8. The van der Waals surface area contributed by atoms with E-state index in [1.54, 1.807) is 0 Å². The van der Waals surface area contributed by atoms with Crippen molar-refractivity contribution >= 4 is 17.9 Å². The van der Waals surface area contributed by atoms with E-state index >= 15 is 0 Å². The van der Waals surface area contributed by atoms with E-state index in [1.807, 2.05) is 21.1 Å². The third kappa shape index (κ3) is 47.6. The van der Waals surface area contributed by atoms with Crippen LogP contribution in [0.5, 0.6) is 0 Å². The molecule has 0 rings (SSSR count). The second-order valence-corrected chi connectivity index (χ2v) is 19.5. The number of aliphatic carboxylic acids is 1.